The molecule has 0 radical (unpaired) electrons. The minimum absolute atomic E-state index is 0.0794. The van der Waals surface area contributed by atoms with E-state index in [1.165, 1.54) is 5.56 Å². The van der Waals surface area contributed by atoms with Gasteiger partial charge in [-0.15, -0.1) is 0 Å². The van der Waals surface area contributed by atoms with Crippen molar-refractivity contribution < 1.29 is 14.6 Å². The van der Waals surface area contributed by atoms with Gasteiger partial charge in [0.15, 0.2) is 5.78 Å². The molecule has 0 aromatic heterocycles. The van der Waals surface area contributed by atoms with Crippen LogP contribution in [0.3, 0.4) is 0 Å². The van der Waals surface area contributed by atoms with Gasteiger partial charge in [0.2, 0.25) is 0 Å². The second-order valence-corrected chi connectivity index (χ2v) is 8.32. The number of aromatic hydroxyl groups is 1. The number of allylic oxidation sites excluding steroid dienone is 1. The molecular formula is C30H24O3. The first-order chi connectivity index (χ1) is 16.1. The lowest BCUT2D eigenvalue weighted by atomic mass is 9.92. The number of phenols is 1. The van der Waals surface area contributed by atoms with Crippen LogP contribution in [0.25, 0.3) is 17.2 Å². The topological polar surface area (TPSA) is 46.5 Å². The van der Waals surface area contributed by atoms with Crippen LogP contribution >= 0.6 is 0 Å². The number of methoxy groups -OCH3 is 1. The Bertz CT molecular complexity index is 1330. The summed E-state index contributed by atoms with van der Waals surface area (Å²) in [5.74, 6) is 1.10. The molecule has 4 aromatic carbocycles. The largest absolute Gasteiger partial charge is 0.508 e. The van der Waals surface area contributed by atoms with E-state index in [1.807, 2.05) is 66.7 Å². The monoisotopic (exact) mass is 432 g/mol. The van der Waals surface area contributed by atoms with Crippen molar-refractivity contribution in [3.8, 4) is 22.6 Å². The molecule has 0 fully saturated rings. The van der Waals surface area contributed by atoms with Gasteiger partial charge in [-0.2, -0.15) is 0 Å². The summed E-state index contributed by atoms with van der Waals surface area (Å²) in [5, 5.41) is 9.69. The minimum Gasteiger partial charge on any atom is -0.508 e. The number of ether oxygens (including phenoxy) is 1. The van der Waals surface area contributed by atoms with Crippen LogP contribution in [0.2, 0.25) is 0 Å². The lowest BCUT2D eigenvalue weighted by molar-refractivity contribution is 0.104. The van der Waals surface area contributed by atoms with E-state index in [4.69, 9.17) is 4.74 Å². The van der Waals surface area contributed by atoms with Gasteiger partial charge in [-0.05, 0) is 76.2 Å². The fraction of sp³-hybridized carbons (Fsp3) is 0.100. The highest BCUT2D eigenvalue weighted by Crippen LogP contribution is 2.36. The molecule has 0 bridgehead atoms. The third-order valence-electron chi connectivity index (χ3n) is 6.14. The van der Waals surface area contributed by atoms with Gasteiger partial charge in [-0.3, -0.25) is 4.79 Å². The predicted molar refractivity (Wildman–Crippen MR) is 132 cm³/mol. The first-order valence-corrected chi connectivity index (χ1v) is 11.0. The number of Topliss-reactive ketones (excluding diaryl/α,β-unsaturated/α-hetero) is 1. The molecule has 33 heavy (non-hydrogen) atoms. The number of carbonyl (C=O) groups excluding carboxylic acids is 1. The molecule has 0 atom stereocenters. The number of hydrogen-bond acceptors (Lipinski definition) is 3. The first-order valence-electron chi connectivity index (χ1n) is 11.0. The molecule has 4 aromatic rings. The van der Waals surface area contributed by atoms with E-state index < -0.39 is 0 Å². The third kappa shape index (κ3) is 4.31. The molecule has 3 nitrogen and oxygen atoms in total. The van der Waals surface area contributed by atoms with Gasteiger partial charge >= 0.3 is 0 Å². The Kier molecular flexibility index (Phi) is 5.54. The van der Waals surface area contributed by atoms with Crippen molar-refractivity contribution in [3.05, 3.63) is 124 Å². The maximum atomic E-state index is 13.4. The fourth-order valence-electron chi connectivity index (χ4n) is 4.40. The third-order valence-corrected chi connectivity index (χ3v) is 6.14. The zero-order chi connectivity index (χ0) is 22.8. The number of carbonyl (C=O) groups is 1. The van der Waals surface area contributed by atoms with E-state index in [-0.39, 0.29) is 11.5 Å². The molecule has 0 saturated carbocycles. The van der Waals surface area contributed by atoms with Crippen molar-refractivity contribution in [3.63, 3.8) is 0 Å². The Morgan fingerprint density at radius 3 is 2.30 bits per heavy atom. The van der Waals surface area contributed by atoms with Gasteiger partial charge in [-0.25, -0.2) is 0 Å². The average Bonchev–Trinajstić information content (AvgIpc) is 3.16. The zero-order valence-corrected chi connectivity index (χ0v) is 18.4. The van der Waals surface area contributed by atoms with E-state index >= 15 is 0 Å². The summed E-state index contributed by atoms with van der Waals surface area (Å²) in [6, 6.07) is 29.4. The number of rotatable bonds is 5. The molecular weight excluding hydrogens is 408 g/mol. The van der Waals surface area contributed by atoms with Crippen LogP contribution in [0.1, 0.15) is 32.6 Å². The Balaban J connectivity index is 1.57. The lowest BCUT2D eigenvalue weighted by Crippen LogP contribution is -1.99. The number of phenolic OH excluding ortho intramolecular Hbond substituents is 1. The van der Waals surface area contributed by atoms with Crippen molar-refractivity contribution in [1.29, 1.82) is 0 Å². The number of fused-ring (bicyclic) bond motifs is 1. The summed E-state index contributed by atoms with van der Waals surface area (Å²) in [5.41, 5.74) is 7.99. The molecule has 1 N–H and O–H groups in total. The van der Waals surface area contributed by atoms with Crippen LogP contribution in [0.15, 0.2) is 96.6 Å². The van der Waals surface area contributed by atoms with Crippen molar-refractivity contribution in [2.45, 2.75) is 12.8 Å². The smallest absolute Gasteiger partial charge is 0.189 e. The molecule has 0 heterocycles. The van der Waals surface area contributed by atoms with Crippen LogP contribution < -0.4 is 4.74 Å². The maximum Gasteiger partial charge on any atom is 0.189 e. The summed E-state index contributed by atoms with van der Waals surface area (Å²) in [4.78, 5) is 13.4. The van der Waals surface area contributed by atoms with Crippen molar-refractivity contribution in [2.75, 3.05) is 7.11 Å². The summed E-state index contributed by atoms with van der Waals surface area (Å²) in [7, 11) is 1.64. The van der Waals surface area contributed by atoms with Crippen LogP contribution in [-0.4, -0.2) is 18.0 Å². The van der Waals surface area contributed by atoms with Crippen molar-refractivity contribution >= 4 is 11.9 Å². The summed E-state index contributed by atoms with van der Waals surface area (Å²) < 4.78 is 5.24. The predicted octanol–water partition coefficient (Wildman–Crippen LogP) is 6.48. The number of hydrogen-bond donors (Lipinski definition) is 1. The molecule has 5 rings (SSSR count). The molecule has 0 unspecified atom stereocenters. The zero-order valence-electron chi connectivity index (χ0n) is 18.4. The summed E-state index contributed by atoms with van der Waals surface area (Å²) in [6.07, 6.45) is 3.37. The van der Waals surface area contributed by atoms with E-state index in [0.29, 0.717) is 6.42 Å². The summed E-state index contributed by atoms with van der Waals surface area (Å²) >= 11 is 0. The van der Waals surface area contributed by atoms with Gasteiger partial charge in [0.1, 0.15) is 11.5 Å². The normalized spacial score (nSPS) is 13.8. The SMILES string of the molecule is COc1ccc(/C=C2\Cc3c(Cc4ccccc4)cc(-c4ccc(O)cc4)cc3C2=O)cc1. The minimum atomic E-state index is 0.0794. The molecule has 3 heteroatoms. The lowest BCUT2D eigenvalue weighted by Gasteiger charge is -2.12. The Morgan fingerprint density at radius 1 is 0.879 bits per heavy atom. The van der Waals surface area contributed by atoms with Gasteiger partial charge < -0.3 is 9.84 Å². The fourth-order valence-corrected chi connectivity index (χ4v) is 4.40. The average molecular weight is 433 g/mol. The number of benzene rings is 4. The van der Waals surface area contributed by atoms with E-state index in [0.717, 1.165) is 51.1 Å². The Morgan fingerprint density at radius 2 is 1.61 bits per heavy atom. The molecule has 1 aliphatic carbocycles. The highest BCUT2D eigenvalue weighted by Gasteiger charge is 2.28. The summed E-state index contributed by atoms with van der Waals surface area (Å²) in [6.45, 7) is 0. The first kappa shape index (κ1) is 20.8. The molecule has 0 saturated heterocycles. The highest BCUT2D eigenvalue weighted by atomic mass is 16.5. The van der Waals surface area contributed by atoms with Crippen LogP contribution in [0.4, 0.5) is 0 Å². The van der Waals surface area contributed by atoms with Crippen LogP contribution in [-0.2, 0) is 12.8 Å². The second kappa shape index (κ2) is 8.79. The molecule has 162 valence electrons. The highest BCUT2D eigenvalue weighted by molar-refractivity contribution is 6.16. The molecule has 0 aliphatic heterocycles. The Labute approximate surface area is 193 Å². The number of ketones is 1. The van der Waals surface area contributed by atoms with Crippen LogP contribution in [0.5, 0.6) is 11.5 Å². The van der Waals surface area contributed by atoms with Crippen molar-refractivity contribution in [2.24, 2.45) is 0 Å². The maximum absolute atomic E-state index is 13.4. The van der Waals surface area contributed by atoms with E-state index in [1.54, 1.807) is 19.2 Å². The Hall–Kier alpha value is -4.11. The standard InChI is InChI=1S/C30H24O3/c1-33-27-13-7-21(8-14-27)16-25-19-28-24(15-20-5-3-2-4-6-20)17-23(18-29(28)30(25)32)22-9-11-26(31)12-10-22/h2-14,16-18,31H,15,19H2,1H3/b25-16+. The van der Waals surface area contributed by atoms with Crippen LogP contribution in [0, 0.1) is 0 Å². The quantitative estimate of drug-likeness (QED) is 0.367. The van der Waals surface area contributed by atoms with E-state index in [9.17, 15) is 9.90 Å². The second-order valence-electron chi connectivity index (χ2n) is 8.32. The van der Waals surface area contributed by atoms with Gasteiger partial charge in [-0.1, -0.05) is 60.7 Å². The van der Waals surface area contributed by atoms with Gasteiger partial charge in [0, 0.05) is 17.6 Å². The molecule has 0 amide bonds. The van der Waals surface area contributed by atoms with Crippen molar-refractivity contribution in [1.82, 2.24) is 0 Å². The van der Waals surface area contributed by atoms with Gasteiger partial charge in [0.25, 0.3) is 0 Å². The molecule has 0 spiro atoms. The molecule has 1 aliphatic rings. The van der Waals surface area contributed by atoms with Gasteiger partial charge in [0.05, 0.1) is 7.11 Å². The van der Waals surface area contributed by atoms with E-state index in [2.05, 4.69) is 18.2 Å².